The fourth-order valence-corrected chi connectivity index (χ4v) is 3.50. The van der Waals surface area contributed by atoms with Crippen LogP contribution in [0.2, 0.25) is 0 Å². The minimum Gasteiger partial charge on any atom is -0.407 e. The lowest BCUT2D eigenvalue weighted by molar-refractivity contribution is 0.0803. The van der Waals surface area contributed by atoms with E-state index in [1.165, 1.54) is 37.8 Å². The number of rotatable bonds is 11. The molecule has 5 heteroatoms. The molecule has 0 radical (unpaired) electrons. The van der Waals surface area contributed by atoms with Gasteiger partial charge in [-0.15, -0.1) is 0 Å². The van der Waals surface area contributed by atoms with Crippen molar-refractivity contribution in [2.45, 2.75) is 78.1 Å². The highest BCUT2D eigenvalue weighted by molar-refractivity contribution is 6.61. The molecule has 0 unspecified atom stereocenters. The van der Waals surface area contributed by atoms with Crippen molar-refractivity contribution >= 4 is 12.6 Å². The molecule has 2 rings (SSSR count). The third kappa shape index (κ3) is 6.66. The maximum absolute atomic E-state index is 14.4. The maximum atomic E-state index is 14.4. The van der Waals surface area contributed by atoms with E-state index in [2.05, 4.69) is 13.8 Å². The van der Waals surface area contributed by atoms with Crippen LogP contribution in [0.5, 0.6) is 0 Å². The molecule has 146 valence electrons. The Labute approximate surface area is 157 Å². The Morgan fingerprint density at radius 1 is 0.885 bits per heavy atom. The summed E-state index contributed by atoms with van der Waals surface area (Å²) >= 11 is 0. The number of unbranched alkanes of at least 4 members (excludes halogenated alkanes) is 6. The maximum Gasteiger partial charge on any atom is 0.499 e. The summed E-state index contributed by atoms with van der Waals surface area (Å²) in [6, 6.07) is 2.86. The van der Waals surface area contributed by atoms with Crippen molar-refractivity contribution < 1.29 is 18.1 Å². The molecule has 1 aromatic rings. The average Bonchev–Trinajstić information content (AvgIpc) is 2.62. The second-order valence-corrected chi connectivity index (χ2v) is 7.50. The minimum absolute atomic E-state index is 0.0781. The molecule has 0 N–H and O–H groups in total. The first-order valence-electron chi connectivity index (χ1n) is 10.4. The number of benzene rings is 1. The molecule has 0 aromatic heterocycles. The van der Waals surface area contributed by atoms with Crippen LogP contribution in [-0.4, -0.2) is 20.3 Å². The van der Waals surface area contributed by atoms with Gasteiger partial charge in [0.25, 0.3) is 0 Å². The SMILES string of the molecule is CCCCCCCC1COB(c2c(F)cc(CCCCC)cc2F)OC1. The van der Waals surface area contributed by atoms with E-state index in [4.69, 9.17) is 9.31 Å². The van der Waals surface area contributed by atoms with Gasteiger partial charge in [0.2, 0.25) is 0 Å². The summed E-state index contributed by atoms with van der Waals surface area (Å²) < 4.78 is 40.2. The Morgan fingerprint density at radius 3 is 2.08 bits per heavy atom. The van der Waals surface area contributed by atoms with Gasteiger partial charge in [-0.05, 0) is 37.0 Å². The molecular formula is C21H33BF2O2. The van der Waals surface area contributed by atoms with Crippen molar-refractivity contribution in [1.29, 1.82) is 0 Å². The summed E-state index contributed by atoms with van der Waals surface area (Å²) in [6.45, 7) is 5.34. The summed E-state index contributed by atoms with van der Waals surface area (Å²) in [5.41, 5.74) is 0.628. The van der Waals surface area contributed by atoms with Crippen LogP contribution in [0.15, 0.2) is 12.1 Å². The van der Waals surface area contributed by atoms with E-state index >= 15 is 0 Å². The fourth-order valence-electron chi connectivity index (χ4n) is 3.50. The third-order valence-corrected chi connectivity index (χ3v) is 5.13. The largest absolute Gasteiger partial charge is 0.499 e. The average molecular weight is 366 g/mol. The van der Waals surface area contributed by atoms with Gasteiger partial charge in [0.15, 0.2) is 0 Å². The van der Waals surface area contributed by atoms with Gasteiger partial charge in [0, 0.05) is 19.1 Å². The van der Waals surface area contributed by atoms with Gasteiger partial charge in [0.1, 0.15) is 11.6 Å². The molecule has 26 heavy (non-hydrogen) atoms. The molecule has 0 spiro atoms. The van der Waals surface area contributed by atoms with Gasteiger partial charge in [0.05, 0.1) is 5.46 Å². The van der Waals surface area contributed by atoms with Gasteiger partial charge < -0.3 is 9.31 Å². The van der Waals surface area contributed by atoms with Crippen molar-refractivity contribution in [2.75, 3.05) is 13.2 Å². The number of hydrogen-bond acceptors (Lipinski definition) is 2. The Bertz CT molecular complexity index is 508. The zero-order chi connectivity index (χ0) is 18.8. The number of aryl methyl sites for hydroxylation is 1. The van der Waals surface area contributed by atoms with E-state index < -0.39 is 18.8 Å². The highest BCUT2D eigenvalue weighted by Gasteiger charge is 2.34. The topological polar surface area (TPSA) is 18.5 Å². The lowest BCUT2D eigenvalue weighted by Gasteiger charge is -2.28. The zero-order valence-electron chi connectivity index (χ0n) is 16.4. The second-order valence-electron chi connectivity index (χ2n) is 7.50. The van der Waals surface area contributed by atoms with Gasteiger partial charge in [-0.1, -0.05) is 58.8 Å². The van der Waals surface area contributed by atoms with E-state index in [1.54, 1.807) is 0 Å². The van der Waals surface area contributed by atoms with Crippen molar-refractivity contribution in [1.82, 2.24) is 0 Å². The van der Waals surface area contributed by atoms with E-state index in [9.17, 15) is 8.78 Å². The number of hydrogen-bond donors (Lipinski definition) is 0. The summed E-state index contributed by atoms with van der Waals surface area (Å²) in [4.78, 5) is 0. The van der Waals surface area contributed by atoms with Crippen molar-refractivity contribution in [3.8, 4) is 0 Å². The quantitative estimate of drug-likeness (QED) is 0.385. The molecule has 1 aromatic carbocycles. The molecule has 0 bridgehead atoms. The molecule has 1 saturated heterocycles. The van der Waals surface area contributed by atoms with Crippen LogP contribution < -0.4 is 5.46 Å². The Kier molecular flexibility index (Phi) is 9.62. The Hall–Kier alpha value is -0.935. The van der Waals surface area contributed by atoms with Crippen molar-refractivity contribution in [3.63, 3.8) is 0 Å². The first-order chi connectivity index (χ1) is 12.7. The normalized spacial score (nSPS) is 15.6. The van der Waals surface area contributed by atoms with Crippen LogP contribution in [0, 0.1) is 17.6 Å². The van der Waals surface area contributed by atoms with Gasteiger partial charge in [-0.25, -0.2) is 8.78 Å². The predicted molar refractivity (Wildman–Crippen MR) is 104 cm³/mol. The predicted octanol–water partition coefficient (Wildman–Crippen LogP) is 5.42. The van der Waals surface area contributed by atoms with Crippen LogP contribution in [-0.2, 0) is 15.7 Å². The lowest BCUT2D eigenvalue weighted by atomic mass is 9.75. The molecule has 0 atom stereocenters. The summed E-state index contributed by atoms with van der Waals surface area (Å²) in [5, 5.41) is 0. The minimum atomic E-state index is -0.920. The van der Waals surface area contributed by atoms with E-state index in [0.717, 1.165) is 32.1 Å². The molecular weight excluding hydrogens is 333 g/mol. The fraction of sp³-hybridized carbons (Fsp3) is 0.714. The molecule has 0 aliphatic carbocycles. The monoisotopic (exact) mass is 366 g/mol. The highest BCUT2D eigenvalue weighted by atomic mass is 19.1. The van der Waals surface area contributed by atoms with Crippen LogP contribution in [0.1, 0.15) is 77.2 Å². The standard InChI is InChI=1S/C21H33BF2O2/c1-3-5-7-8-10-12-18-15-25-22(26-16-18)21-19(23)13-17(14-20(21)24)11-9-6-4-2/h13-14,18H,3-12,15-16H2,1-2H3. The molecule has 2 nitrogen and oxygen atoms in total. The summed E-state index contributed by atoms with van der Waals surface area (Å²) in [5.74, 6) is -0.786. The van der Waals surface area contributed by atoms with E-state index in [0.29, 0.717) is 31.1 Å². The van der Waals surface area contributed by atoms with E-state index in [-0.39, 0.29) is 5.46 Å². The van der Waals surface area contributed by atoms with Gasteiger partial charge in [-0.2, -0.15) is 0 Å². The Morgan fingerprint density at radius 2 is 1.46 bits per heavy atom. The first kappa shape index (κ1) is 21.4. The summed E-state index contributed by atoms with van der Waals surface area (Å²) in [7, 11) is -0.920. The number of halogens is 2. The lowest BCUT2D eigenvalue weighted by Crippen LogP contribution is -2.47. The van der Waals surface area contributed by atoms with Crippen LogP contribution in [0.25, 0.3) is 0 Å². The molecule has 1 heterocycles. The first-order valence-corrected chi connectivity index (χ1v) is 10.4. The van der Waals surface area contributed by atoms with Gasteiger partial charge >= 0.3 is 7.12 Å². The molecule has 0 saturated carbocycles. The second kappa shape index (κ2) is 11.7. The van der Waals surface area contributed by atoms with Crippen molar-refractivity contribution in [3.05, 3.63) is 29.3 Å². The van der Waals surface area contributed by atoms with Crippen LogP contribution in [0.3, 0.4) is 0 Å². The third-order valence-electron chi connectivity index (χ3n) is 5.13. The molecule has 1 aliphatic rings. The summed E-state index contributed by atoms with van der Waals surface area (Å²) in [6.07, 6.45) is 11.1. The molecule has 1 aliphatic heterocycles. The van der Waals surface area contributed by atoms with Crippen molar-refractivity contribution in [2.24, 2.45) is 5.92 Å². The van der Waals surface area contributed by atoms with Crippen LogP contribution in [0.4, 0.5) is 8.78 Å². The van der Waals surface area contributed by atoms with Crippen LogP contribution >= 0.6 is 0 Å². The van der Waals surface area contributed by atoms with Gasteiger partial charge in [-0.3, -0.25) is 0 Å². The smallest absolute Gasteiger partial charge is 0.407 e. The Balaban J connectivity index is 1.82. The van der Waals surface area contributed by atoms with E-state index in [1.807, 2.05) is 0 Å². The molecule has 0 amide bonds. The highest BCUT2D eigenvalue weighted by Crippen LogP contribution is 2.19. The zero-order valence-corrected chi connectivity index (χ0v) is 16.4. The molecule has 1 fully saturated rings.